The van der Waals surface area contributed by atoms with E-state index in [4.69, 9.17) is 5.11 Å². The summed E-state index contributed by atoms with van der Waals surface area (Å²) in [5, 5.41) is 8.53. The minimum atomic E-state index is -4.31. The van der Waals surface area contributed by atoms with Gasteiger partial charge in [0, 0.05) is 13.0 Å². The van der Waals surface area contributed by atoms with Crippen LogP contribution >= 0.6 is 0 Å². The van der Waals surface area contributed by atoms with Crippen LogP contribution in [0.3, 0.4) is 0 Å². The van der Waals surface area contributed by atoms with E-state index < -0.39 is 23.5 Å². The monoisotopic (exact) mass is 406 g/mol. The first-order valence-corrected chi connectivity index (χ1v) is 8.44. The fourth-order valence-corrected chi connectivity index (χ4v) is 2.32. The van der Waals surface area contributed by atoms with Crippen molar-refractivity contribution >= 4 is 6.29 Å². The smallest absolute Gasteiger partial charge is 0.396 e. The number of aryl methyl sites for hydroxylation is 2. The van der Waals surface area contributed by atoms with Gasteiger partial charge in [-0.15, -0.1) is 0 Å². The quantitative estimate of drug-likeness (QED) is 0.511. The summed E-state index contributed by atoms with van der Waals surface area (Å²) in [7, 11) is 0. The predicted molar refractivity (Wildman–Crippen MR) is 92.7 cm³/mol. The predicted octanol–water partition coefficient (Wildman–Crippen LogP) is 5.47. The van der Waals surface area contributed by atoms with E-state index in [1.165, 1.54) is 12.1 Å². The van der Waals surface area contributed by atoms with E-state index >= 15 is 0 Å². The summed E-state index contributed by atoms with van der Waals surface area (Å²) >= 11 is 0. The zero-order valence-corrected chi connectivity index (χ0v) is 14.9. The Bertz CT molecular complexity index is 738. The highest BCUT2D eigenvalue weighted by atomic mass is 19.4. The molecular weight excluding hydrogens is 386 g/mol. The average molecular weight is 406 g/mol. The Labute approximate surface area is 158 Å². The second-order valence-corrected chi connectivity index (χ2v) is 5.93. The zero-order valence-electron chi connectivity index (χ0n) is 14.9. The second kappa shape index (κ2) is 10.8. The van der Waals surface area contributed by atoms with E-state index in [0.717, 1.165) is 24.3 Å². The van der Waals surface area contributed by atoms with Gasteiger partial charge in [0.05, 0.1) is 11.1 Å². The molecule has 0 radical (unpaired) electrons. The molecule has 0 bridgehead atoms. The number of carbonyl (C=O) groups is 1. The molecule has 0 atom stereocenters. The van der Waals surface area contributed by atoms with Gasteiger partial charge in [-0.1, -0.05) is 36.4 Å². The van der Waals surface area contributed by atoms with Crippen molar-refractivity contribution < 1.29 is 36.2 Å². The number of hydrogen-bond acceptors (Lipinski definition) is 2. The van der Waals surface area contributed by atoms with Gasteiger partial charge in [-0.3, -0.25) is 0 Å². The van der Waals surface area contributed by atoms with Crippen molar-refractivity contribution in [3.8, 4) is 0 Å². The molecule has 0 saturated carbocycles. The number of halogens is 6. The van der Waals surface area contributed by atoms with Crippen molar-refractivity contribution in [2.75, 3.05) is 6.61 Å². The van der Waals surface area contributed by atoms with Crippen molar-refractivity contribution in [3.05, 3.63) is 70.8 Å². The largest absolute Gasteiger partial charge is 0.416 e. The Morgan fingerprint density at radius 1 is 0.786 bits per heavy atom. The molecule has 0 aliphatic heterocycles. The van der Waals surface area contributed by atoms with E-state index in [9.17, 15) is 31.1 Å². The molecule has 2 aromatic carbocycles. The first-order valence-electron chi connectivity index (χ1n) is 8.44. The Morgan fingerprint density at radius 3 is 1.64 bits per heavy atom. The van der Waals surface area contributed by atoms with Gasteiger partial charge in [0.15, 0.2) is 0 Å². The summed E-state index contributed by atoms with van der Waals surface area (Å²) < 4.78 is 73.4. The molecule has 2 rings (SSSR count). The van der Waals surface area contributed by atoms with E-state index in [0.29, 0.717) is 36.7 Å². The Morgan fingerprint density at radius 2 is 1.25 bits per heavy atom. The van der Waals surface area contributed by atoms with E-state index in [-0.39, 0.29) is 13.0 Å². The molecule has 1 N–H and O–H groups in total. The van der Waals surface area contributed by atoms with E-state index in [2.05, 4.69) is 0 Å². The van der Waals surface area contributed by atoms with Crippen LogP contribution in [0.4, 0.5) is 26.3 Å². The fourth-order valence-electron chi connectivity index (χ4n) is 2.32. The number of benzene rings is 2. The van der Waals surface area contributed by atoms with Gasteiger partial charge in [0.1, 0.15) is 6.29 Å². The SMILES string of the molecule is O=CCCc1cccc(C(F)(F)F)c1.OCCCc1cccc(C(F)(F)F)c1. The molecule has 0 unspecified atom stereocenters. The molecule has 0 spiro atoms. The Balaban J connectivity index is 0.000000280. The van der Waals surface area contributed by atoms with Crippen LogP contribution in [0.2, 0.25) is 0 Å². The number of rotatable bonds is 6. The number of carbonyl (C=O) groups excluding carboxylic acids is 1. The third-order valence-electron chi connectivity index (χ3n) is 3.68. The minimum Gasteiger partial charge on any atom is -0.396 e. The molecule has 2 aromatic rings. The van der Waals surface area contributed by atoms with E-state index in [1.54, 1.807) is 12.1 Å². The lowest BCUT2D eigenvalue weighted by Gasteiger charge is -2.07. The molecule has 0 fully saturated rings. The van der Waals surface area contributed by atoms with Crippen molar-refractivity contribution in [3.63, 3.8) is 0 Å². The summed E-state index contributed by atoms with van der Waals surface area (Å²) in [5.41, 5.74) is -0.158. The Kier molecular flexibility index (Phi) is 9.18. The number of aliphatic hydroxyl groups excluding tert-OH is 1. The lowest BCUT2D eigenvalue weighted by atomic mass is 10.1. The average Bonchev–Trinajstić information content (AvgIpc) is 2.64. The third-order valence-corrected chi connectivity index (χ3v) is 3.68. The van der Waals surface area contributed by atoms with Gasteiger partial charge in [0.2, 0.25) is 0 Å². The second-order valence-electron chi connectivity index (χ2n) is 5.93. The molecule has 154 valence electrons. The highest BCUT2D eigenvalue weighted by molar-refractivity contribution is 5.50. The summed E-state index contributed by atoms with van der Waals surface area (Å²) in [6.45, 7) is -0.00372. The number of aliphatic hydroxyl groups is 1. The minimum absolute atomic E-state index is 0.00372. The molecule has 0 aliphatic carbocycles. The standard InChI is InChI=1S/C10H11F3O.C10H9F3O/c2*11-10(12,13)9-5-1-3-8(7-9)4-2-6-14/h1,3,5,7,14H,2,4,6H2;1,3,5-7H,2,4H2. The molecule has 2 nitrogen and oxygen atoms in total. The molecule has 0 aliphatic rings. The number of alkyl halides is 6. The van der Waals surface area contributed by atoms with Gasteiger partial charge in [-0.2, -0.15) is 26.3 Å². The van der Waals surface area contributed by atoms with Crippen LogP contribution in [-0.2, 0) is 30.0 Å². The highest BCUT2D eigenvalue weighted by Crippen LogP contribution is 2.30. The van der Waals surface area contributed by atoms with Crippen LogP contribution in [0.1, 0.15) is 35.1 Å². The summed E-state index contributed by atoms with van der Waals surface area (Å²) in [6.07, 6.45) is -6.33. The molecule has 0 heterocycles. The van der Waals surface area contributed by atoms with Crippen molar-refractivity contribution in [1.82, 2.24) is 0 Å². The maximum absolute atomic E-state index is 12.2. The molecular formula is C20H20F6O2. The first-order chi connectivity index (χ1) is 13.1. The summed E-state index contributed by atoms with van der Waals surface area (Å²) in [4.78, 5) is 10.0. The molecule has 0 saturated heterocycles. The van der Waals surface area contributed by atoms with Crippen LogP contribution in [0, 0.1) is 0 Å². The molecule has 0 aromatic heterocycles. The summed E-state index contributed by atoms with van der Waals surface area (Å²) in [5.74, 6) is 0. The van der Waals surface area contributed by atoms with Crippen LogP contribution in [0.5, 0.6) is 0 Å². The fraction of sp³-hybridized carbons (Fsp3) is 0.350. The van der Waals surface area contributed by atoms with Crippen LogP contribution < -0.4 is 0 Å². The third kappa shape index (κ3) is 8.56. The summed E-state index contributed by atoms with van der Waals surface area (Å²) in [6, 6.07) is 10.2. The van der Waals surface area contributed by atoms with Gasteiger partial charge < -0.3 is 9.90 Å². The topological polar surface area (TPSA) is 37.3 Å². The maximum Gasteiger partial charge on any atom is 0.416 e. The normalized spacial score (nSPS) is 11.5. The lowest BCUT2D eigenvalue weighted by Crippen LogP contribution is -2.05. The highest BCUT2D eigenvalue weighted by Gasteiger charge is 2.30. The van der Waals surface area contributed by atoms with E-state index in [1.807, 2.05) is 0 Å². The van der Waals surface area contributed by atoms with Crippen LogP contribution in [-0.4, -0.2) is 18.0 Å². The maximum atomic E-state index is 12.2. The number of hydrogen-bond donors (Lipinski definition) is 1. The molecule has 8 heteroatoms. The molecule has 0 amide bonds. The van der Waals surface area contributed by atoms with Gasteiger partial charge in [-0.05, 0) is 42.5 Å². The van der Waals surface area contributed by atoms with Crippen LogP contribution in [0.15, 0.2) is 48.5 Å². The van der Waals surface area contributed by atoms with Gasteiger partial charge in [0.25, 0.3) is 0 Å². The Hall–Kier alpha value is -2.35. The van der Waals surface area contributed by atoms with Crippen LogP contribution in [0.25, 0.3) is 0 Å². The van der Waals surface area contributed by atoms with Gasteiger partial charge in [-0.25, -0.2) is 0 Å². The van der Waals surface area contributed by atoms with Crippen molar-refractivity contribution in [2.45, 2.75) is 38.0 Å². The zero-order chi connectivity index (χ0) is 21.2. The molecule has 28 heavy (non-hydrogen) atoms. The van der Waals surface area contributed by atoms with Gasteiger partial charge >= 0.3 is 12.4 Å². The lowest BCUT2D eigenvalue weighted by molar-refractivity contribution is -0.138. The number of aldehydes is 1. The van der Waals surface area contributed by atoms with Crippen molar-refractivity contribution in [1.29, 1.82) is 0 Å². The van der Waals surface area contributed by atoms with Crippen molar-refractivity contribution in [2.24, 2.45) is 0 Å². The first kappa shape index (κ1) is 23.7.